The minimum atomic E-state index is 0.907. The van der Waals surface area contributed by atoms with Gasteiger partial charge in [0.1, 0.15) is 0 Å². The Labute approximate surface area is 146 Å². The highest BCUT2D eigenvalue weighted by molar-refractivity contribution is 4.90. The molecule has 2 aliphatic carbocycles. The molecule has 0 spiro atoms. The van der Waals surface area contributed by atoms with Gasteiger partial charge in [-0.1, -0.05) is 90.2 Å². The van der Waals surface area contributed by atoms with Crippen LogP contribution in [0.3, 0.4) is 0 Å². The van der Waals surface area contributed by atoms with Crippen LogP contribution in [0.5, 0.6) is 0 Å². The van der Waals surface area contributed by atoms with Gasteiger partial charge in [-0.3, -0.25) is 0 Å². The Morgan fingerprint density at radius 3 is 1.61 bits per heavy atom. The zero-order valence-electron chi connectivity index (χ0n) is 16.1. The molecule has 0 heteroatoms. The molecule has 0 aromatic rings. The average molecular weight is 319 g/mol. The van der Waals surface area contributed by atoms with Gasteiger partial charge in [0.15, 0.2) is 0 Å². The van der Waals surface area contributed by atoms with Crippen LogP contribution in [0.15, 0.2) is 12.2 Å². The summed E-state index contributed by atoms with van der Waals surface area (Å²) in [5.74, 6) is 4.12. The molecule has 0 aromatic carbocycles. The van der Waals surface area contributed by atoms with Gasteiger partial charge in [0.05, 0.1) is 0 Å². The van der Waals surface area contributed by atoms with Crippen LogP contribution in [-0.2, 0) is 0 Å². The van der Waals surface area contributed by atoms with Crippen molar-refractivity contribution in [3.8, 4) is 0 Å². The van der Waals surface area contributed by atoms with Crippen LogP contribution in [0.1, 0.15) is 110 Å². The summed E-state index contributed by atoms with van der Waals surface area (Å²) in [7, 11) is 0. The highest BCUT2D eigenvalue weighted by Crippen LogP contribution is 2.35. The maximum atomic E-state index is 2.49. The molecule has 23 heavy (non-hydrogen) atoms. The zero-order valence-corrected chi connectivity index (χ0v) is 16.1. The Balaban J connectivity index is 1.48. The standard InChI is InChI=1S/C23H42/c1-3-5-9-21-16-18-23(19-17-21)11-7-6-10-22-14-12-20(8-4-2)13-15-22/h5,9,20-23H,3-4,6-8,10-19H2,1-2H3. The van der Waals surface area contributed by atoms with Crippen molar-refractivity contribution >= 4 is 0 Å². The Morgan fingerprint density at radius 2 is 1.13 bits per heavy atom. The average Bonchev–Trinajstić information content (AvgIpc) is 2.59. The van der Waals surface area contributed by atoms with Gasteiger partial charge in [-0.25, -0.2) is 0 Å². The van der Waals surface area contributed by atoms with E-state index in [2.05, 4.69) is 26.0 Å². The summed E-state index contributed by atoms with van der Waals surface area (Å²) >= 11 is 0. The topological polar surface area (TPSA) is 0 Å². The molecule has 2 aliphatic rings. The van der Waals surface area contributed by atoms with Crippen LogP contribution in [0.25, 0.3) is 0 Å². The van der Waals surface area contributed by atoms with Gasteiger partial charge in [0.2, 0.25) is 0 Å². The molecule has 2 saturated carbocycles. The molecule has 0 N–H and O–H groups in total. The second-order valence-electron chi connectivity index (χ2n) is 8.58. The lowest BCUT2D eigenvalue weighted by atomic mass is 9.77. The van der Waals surface area contributed by atoms with E-state index in [-0.39, 0.29) is 0 Å². The van der Waals surface area contributed by atoms with Crippen molar-refractivity contribution in [3.63, 3.8) is 0 Å². The third-order valence-corrected chi connectivity index (χ3v) is 6.67. The summed E-state index contributed by atoms with van der Waals surface area (Å²) in [6.07, 6.45) is 27.1. The van der Waals surface area contributed by atoms with E-state index in [9.17, 15) is 0 Å². The Kier molecular flexibility index (Phi) is 9.39. The molecule has 0 bridgehead atoms. The third-order valence-electron chi connectivity index (χ3n) is 6.67. The van der Waals surface area contributed by atoms with Gasteiger partial charge in [0.25, 0.3) is 0 Å². The van der Waals surface area contributed by atoms with Crippen molar-refractivity contribution in [2.75, 3.05) is 0 Å². The number of unbranched alkanes of at least 4 members (excludes halogenated alkanes) is 1. The van der Waals surface area contributed by atoms with Gasteiger partial charge in [-0.15, -0.1) is 0 Å². The molecule has 2 rings (SSSR count). The van der Waals surface area contributed by atoms with E-state index >= 15 is 0 Å². The fourth-order valence-corrected chi connectivity index (χ4v) is 5.08. The summed E-state index contributed by atoms with van der Waals surface area (Å²) in [5, 5.41) is 0. The fourth-order valence-electron chi connectivity index (χ4n) is 5.08. The molecule has 134 valence electrons. The van der Waals surface area contributed by atoms with E-state index in [1.165, 1.54) is 83.5 Å². The van der Waals surface area contributed by atoms with E-state index in [1.54, 1.807) is 12.8 Å². The van der Waals surface area contributed by atoms with Crippen LogP contribution in [0, 0.1) is 23.7 Å². The molecule has 0 amide bonds. The molecule has 2 fully saturated rings. The van der Waals surface area contributed by atoms with Crippen molar-refractivity contribution in [2.45, 2.75) is 110 Å². The van der Waals surface area contributed by atoms with Crippen molar-refractivity contribution in [1.29, 1.82) is 0 Å². The Morgan fingerprint density at radius 1 is 0.652 bits per heavy atom. The number of rotatable bonds is 9. The molecule has 0 atom stereocenters. The first-order valence-corrected chi connectivity index (χ1v) is 11.0. The molecule has 0 aliphatic heterocycles. The minimum Gasteiger partial charge on any atom is -0.0885 e. The van der Waals surface area contributed by atoms with E-state index in [1.807, 2.05) is 0 Å². The second kappa shape index (κ2) is 11.3. The van der Waals surface area contributed by atoms with E-state index in [0.29, 0.717) is 0 Å². The van der Waals surface area contributed by atoms with Crippen LogP contribution in [0.2, 0.25) is 0 Å². The van der Waals surface area contributed by atoms with E-state index < -0.39 is 0 Å². The lowest BCUT2D eigenvalue weighted by Gasteiger charge is -2.29. The smallest absolute Gasteiger partial charge is 0.0233 e. The molecular weight excluding hydrogens is 276 g/mol. The summed E-state index contributed by atoms with van der Waals surface area (Å²) in [5.41, 5.74) is 0. The van der Waals surface area contributed by atoms with Gasteiger partial charge < -0.3 is 0 Å². The van der Waals surface area contributed by atoms with E-state index in [4.69, 9.17) is 0 Å². The highest BCUT2D eigenvalue weighted by atomic mass is 14.3. The largest absolute Gasteiger partial charge is 0.0885 e. The second-order valence-corrected chi connectivity index (χ2v) is 8.58. The maximum absolute atomic E-state index is 2.49. The van der Waals surface area contributed by atoms with Crippen molar-refractivity contribution in [2.24, 2.45) is 23.7 Å². The maximum Gasteiger partial charge on any atom is -0.0233 e. The Hall–Kier alpha value is -0.260. The third kappa shape index (κ3) is 7.44. The molecule has 0 radical (unpaired) electrons. The first-order chi connectivity index (χ1) is 11.3. The van der Waals surface area contributed by atoms with Crippen LogP contribution in [-0.4, -0.2) is 0 Å². The molecular formula is C23H42. The highest BCUT2D eigenvalue weighted by Gasteiger charge is 2.21. The monoisotopic (exact) mass is 318 g/mol. The quantitative estimate of drug-likeness (QED) is 0.299. The van der Waals surface area contributed by atoms with Gasteiger partial charge in [0, 0.05) is 0 Å². The molecule has 0 unspecified atom stereocenters. The molecule has 0 nitrogen and oxygen atoms in total. The lowest BCUT2D eigenvalue weighted by molar-refractivity contribution is 0.242. The van der Waals surface area contributed by atoms with Crippen molar-refractivity contribution in [3.05, 3.63) is 12.2 Å². The van der Waals surface area contributed by atoms with Gasteiger partial charge in [-0.05, 0) is 55.8 Å². The SMILES string of the molecule is CCC=CC1CCC(CCCCC2CCC(CCC)CC2)CC1. The van der Waals surface area contributed by atoms with Crippen molar-refractivity contribution < 1.29 is 0 Å². The van der Waals surface area contributed by atoms with Gasteiger partial charge >= 0.3 is 0 Å². The summed E-state index contributed by atoms with van der Waals surface area (Å²) in [6.45, 7) is 4.60. The normalized spacial score (nSPS) is 32.4. The summed E-state index contributed by atoms with van der Waals surface area (Å²) < 4.78 is 0. The first kappa shape index (κ1) is 19.1. The van der Waals surface area contributed by atoms with E-state index in [0.717, 1.165) is 23.7 Å². The zero-order chi connectivity index (χ0) is 16.3. The first-order valence-electron chi connectivity index (χ1n) is 11.0. The predicted molar refractivity (Wildman–Crippen MR) is 104 cm³/mol. The van der Waals surface area contributed by atoms with Crippen molar-refractivity contribution in [1.82, 2.24) is 0 Å². The Bertz CT molecular complexity index is 300. The number of allylic oxidation sites excluding steroid dienone is 2. The number of hydrogen-bond donors (Lipinski definition) is 0. The number of hydrogen-bond acceptors (Lipinski definition) is 0. The van der Waals surface area contributed by atoms with Crippen LogP contribution < -0.4 is 0 Å². The lowest BCUT2D eigenvalue weighted by Crippen LogP contribution is -2.15. The van der Waals surface area contributed by atoms with Gasteiger partial charge in [-0.2, -0.15) is 0 Å². The summed E-state index contributed by atoms with van der Waals surface area (Å²) in [4.78, 5) is 0. The minimum absolute atomic E-state index is 0.907. The fraction of sp³-hybridized carbons (Fsp3) is 0.913. The predicted octanol–water partition coefficient (Wildman–Crippen LogP) is 7.93. The van der Waals surface area contributed by atoms with Crippen LogP contribution in [0.4, 0.5) is 0 Å². The summed E-state index contributed by atoms with van der Waals surface area (Å²) in [6, 6.07) is 0. The molecule has 0 heterocycles. The van der Waals surface area contributed by atoms with Crippen LogP contribution >= 0.6 is 0 Å². The molecule has 0 saturated heterocycles. The molecule has 0 aromatic heterocycles.